The molecule has 4 nitrogen and oxygen atoms in total. The topological polar surface area (TPSA) is 61.8 Å². The third kappa shape index (κ3) is 6.17. The summed E-state index contributed by atoms with van der Waals surface area (Å²) in [7, 11) is 0. The van der Waals surface area contributed by atoms with Crippen LogP contribution in [0.2, 0.25) is 0 Å². The molecule has 17 heavy (non-hydrogen) atoms. The van der Waals surface area contributed by atoms with E-state index in [0.717, 1.165) is 24.6 Å². The highest BCUT2D eigenvalue weighted by atomic mass is 32.2. The van der Waals surface area contributed by atoms with Gasteiger partial charge in [-0.3, -0.25) is 0 Å². The molecule has 1 aliphatic rings. The first-order valence-electron chi connectivity index (χ1n) is 6.47. The van der Waals surface area contributed by atoms with Crippen molar-refractivity contribution in [2.75, 3.05) is 25.9 Å². The molecular weight excluding hydrogens is 234 g/mol. The molecule has 100 valence electrons. The summed E-state index contributed by atoms with van der Waals surface area (Å²) in [5.74, 6) is 0.350. The molecule has 1 aliphatic heterocycles. The van der Waals surface area contributed by atoms with Gasteiger partial charge in [-0.1, -0.05) is 5.16 Å². The molecule has 5 heteroatoms. The van der Waals surface area contributed by atoms with Crippen LogP contribution in [-0.2, 0) is 0 Å². The number of amidine groups is 1. The Hall–Kier alpha value is -0.420. The van der Waals surface area contributed by atoms with Crippen molar-refractivity contribution >= 4 is 17.6 Å². The number of likely N-dealkylation sites (tertiary alicyclic amines) is 1. The van der Waals surface area contributed by atoms with Crippen molar-refractivity contribution in [3.05, 3.63) is 0 Å². The van der Waals surface area contributed by atoms with Crippen molar-refractivity contribution in [3.63, 3.8) is 0 Å². The molecule has 0 bridgehead atoms. The maximum Gasteiger partial charge on any atom is 0.139 e. The highest BCUT2D eigenvalue weighted by Gasteiger charge is 2.15. The third-order valence-corrected chi connectivity index (χ3v) is 4.52. The number of nitrogens with two attached hydrogens (primary N) is 1. The van der Waals surface area contributed by atoms with Crippen molar-refractivity contribution in [1.29, 1.82) is 0 Å². The van der Waals surface area contributed by atoms with Gasteiger partial charge >= 0.3 is 0 Å². The monoisotopic (exact) mass is 259 g/mol. The molecule has 1 heterocycles. The molecule has 0 amide bonds. The van der Waals surface area contributed by atoms with Crippen LogP contribution >= 0.6 is 11.8 Å². The molecule has 1 saturated heterocycles. The second-order valence-corrected chi connectivity index (χ2v) is 5.82. The van der Waals surface area contributed by atoms with E-state index in [1.807, 2.05) is 11.8 Å². The van der Waals surface area contributed by atoms with Gasteiger partial charge in [-0.15, -0.1) is 0 Å². The number of unbranched alkanes of at least 4 members (excludes halogenated alkanes) is 1. The van der Waals surface area contributed by atoms with E-state index in [1.165, 1.54) is 32.4 Å². The first-order chi connectivity index (χ1) is 8.26. The number of rotatable bonds is 6. The van der Waals surface area contributed by atoms with Crippen LogP contribution in [0.4, 0.5) is 0 Å². The van der Waals surface area contributed by atoms with E-state index >= 15 is 0 Å². The lowest BCUT2D eigenvalue weighted by atomic mass is 10.2. The van der Waals surface area contributed by atoms with Gasteiger partial charge in [-0.2, -0.15) is 11.8 Å². The minimum Gasteiger partial charge on any atom is -0.409 e. The molecule has 0 radical (unpaired) electrons. The first kappa shape index (κ1) is 14.6. The Kier molecular flexibility index (Phi) is 7.44. The van der Waals surface area contributed by atoms with Crippen LogP contribution in [0.5, 0.6) is 0 Å². The molecule has 1 fully saturated rings. The lowest BCUT2D eigenvalue weighted by Crippen LogP contribution is -2.26. The summed E-state index contributed by atoms with van der Waals surface area (Å²) < 4.78 is 0. The zero-order chi connectivity index (χ0) is 12.5. The largest absolute Gasteiger partial charge is 0.409 e. The maximum atomic E-state index is 8.43. The molecular formula is C12H25N3OS. The molecule has 3 N–H and O–H groups in total. The third-order valence-electron chi connectivity index (χ3n) is 3.39. The second kappa shape index (κ2) is 8.64. The van der Waals surface area contributed by atoms with E-state index in [-0.39, 0.29) is 0 Å². The fraction of sp³-hybridized carbons (Fsp3) is 0.917. The predicted octanol–water partition coefficient (Wildman–Crippen LogP) is 2.12. The Morgan fingerprint density at radius 3 is 2.94 bits per heavy atom. The summed E-state index contributed by atoms with van der Waals surface area (Å²) in [4.78, 5) is 2.56. The average Bonchev–Trinajstić information content (AvgIpc) is 2.59. The fourth-order valence-electron chi connectivity index (χ4n) is 2.28. The molecule has 1 unspecified atom stereocenters. The van der Waals surface area contributed by atoms with Crippen molar-refractivity contribution < 1.29 is 5.21 Å². The van der Waals surface area contributed by atoms with Crippen LogP contribution in [0, 0.1) is 0 Å². The molecule has 0 aromatic rings. The summed E-state index contributed by atoms with van der Waals surface area (Å²) in [6, 6.07) is 0. The minimum absolute atomic E-state index is 0.350. The highest BCUT2D eigenvalue weighted by molar-refractivity contribution is 7.99. The molecule has 0 spiro atoms. The first-order valence-corrected chi connectivity index (χ1v) is 7.76. The Morgan fingerprint density at radius 2 is 2.24 bits per heavy atom. The van der Waals surface area contributed by atoms with Crippen LogP contribution in [0.25, 0.3) is 0 Å². The molecule has 1 atom stereocenters. The lowest BCUT2D eigenvalue weighted by molar-refractivity contribution is 0.279. The van der Waals surface area contributed by atoms with Gasteiger partial charge in [0.25, 0.3) is 0 Å². The molecule has 0 saturated carbocycles. The second-order valence-electron chi connectivity index (χ2n) is 4.68. The van der Waals surface area contributed by atoms with E-state index < -0.39 is 0 Å². The Labute approximate surface area is 109 Å². The lowest BCUT2D eigenvalue weighted by Gasteiger charge is -2.19. The van der Waals surface area contributed by atoms with Crippen LogP contribution in [0.1, 0.15) is 38.5 Å². The Balaban J connectivity index is 2.11. The normalized spacial score (nSPS) is 23.6. The van der Waals surface area contributed by atoms with Gasteiger partial charge < -0.3 is 15.8 Å². The smallest absolute Gasteiger partial charge is 0.139 e. The van der Waals surface area contributed by atoms with Gasteiger partial charge in [-0.25, -0.2) is 0 Å². The fourth-order valence-corrected chi connectivity index (χ4v) is 3.02. The average molecular weight is 259 g/mol. The summed E-state index contributed by atoms with van der Waals surface area (Å²) in [6.45, 7) is 3.62. The van der Waals surface area contributed by atoms with Gasteiger partial charge in [-0.05, 0) is 58.0 Å². The van der Waals surface area contributed by atoms with Crippen molar-refractivity contribution in [2.45, 2.75) is 43.8 Å². The molecule has 0 aromatic heterocycles. The number of nitrogens with zero attached hydrogens (tertiary/aromatic N) is 2. The van der Waals surface area contributed by atoms with Crippen LogP contribution in [-0.4, -0.2) is 47.1 Å². The van der Waals surface area contributed by atoms with Crippen LogP contribution in [0.15, 0.2) is 5.16 Å². The van der Waals surface area contributed by atoms with Gasteiger partial charge in [0.05, 0.1) is 0 Å². The zero-order valence-corrected chi connectivity index (χ0v) is 11.6. The number of hydrogen-bond acceptors (Lipinski definition) is 4. The quantitative estimate of drug-likeness (QED) is 0.252. The summed E-state index contributed by atoms with van der Waals surface area (Å²) in [5.41, 5.74) is 5.44. The molecule has 0 aliphatic carbocycles. The minimum atomic E-state index is 0.350. The van der Waals surface area contributed by atoms with Crippen molar-refractivity contribution in [2.24, 2.45) is 10.9 Å². The molecule has 1 rings (SSSR count). The van der Waals surface area contributed by atoms with Gasteiger partial charge in [0.2, 0.25) is 0 Å². The zero-order valence-electron chi connectivity index (χ0n) is 10.8. The summed E-state index contributed by atoms with van der Waals surface area (Å²) in [5, 5.41) is 12.3. The van der Waals surface area contributed by atoms with Gasteiger partial charge in [0.15, 0.2) is 0 Å². The molecule has 0 aromatic carbocycles. The summed E-state index contributed by atoms with van der Waals surface area (Å²) >= 11 is 2.01. The van der Waals surface area contributed by atoms with Gasteiger partial charge in [0.1, 0.15) is 5.84 Å². The van der Waals surface area contributed by atoms with Crippen molar-refractivity contribution in [3.8, 4) is 0 Å². The number of oxime groups is 1. The van der Waals surface area contributed by atoms with E-state index in [2.05, 4.69) is 16.3 Å². The SMILES string of the molecule is CSC1CCCN(CCCCC(N)=NO)CC1. The van der Waals surface area contributed by atoms with E-state index in [4.69, 9.17) is 10.9 Å². The summed E-state index contributed by atoms with van der Waals surface area (Å²) in [6.07, 6.45) is 9.09. The van der Waals surface area contributed by atoms with E-state index in [9.17, 15) is 0 Å². The van der Waals surface area contributed by atoms with Crippen LogP contribution in [0.3, 0.4) is 0 Å². The number of hydrogen-bond donors (Lipinski definition) is 2. The predicted molar refractivity (Wildman–Crippen MR) is 74.9 cm³/mol. The Morgan fingerprint density at radius 1 is 1.41 bits per heavy atom. The Bertz CT molecular complexity index is 236. The van der Waals surface area contributed by atoms with E-state index in [1.54, 1.807) is 0 Å². The van der Waals surface area contributed by atoms with Crippen molar-refractivity contribution in [1.82, 2.24) is 4.90 Å². The van der Waals surface area contributed by atoms with Gasteiger partial charge in [0, 0.05) is 11.7 Å². The standard InChI is InChI=1S/C12H25N3OS/c1-17-11-5-4-9-15(10-7-11)8-3-2-6-12(13)14-16/h11,16H,2-10H2,1H3,(H2,13,14). The van der Waals surface area contributed by atoms with Crippen LogP contribution < -0.4 is 5.73 Å². The highest BCUT2D eigenvalue weighted by Crippen LogP contribution is 2.21. The maximum absolute atomic E-state index is 8.43. The van der Waals surface area contributed by atoms with E-state index in [0.29, 0.717) is 12.3 Å². The number of thioether (sulfide) groups is 1.